The fraction of sp³-hybridized carbons (Fsp3) is 0.647. The number of hydrogen-bond donors (Lipinski definition) is 1. The highest BCUT2D eigenvalue weighted by Crippen LogP contribution is 2.25. The van der Waals surface area contributed by atoms with Crippen LogP contribution in [0.15, 0.2) is 18.2 Å². The lowest BCUT2D eigenvalue weighted by atomic mass is 10.0. The fourth-order valence-corrected chi connectivity index (χ4v) is 2.30. The van der Waals surface area contributed by atoms with E-state index in [1.807, 2.05) is 12.1 Å². The zero-order chi connectivity index (χ0) is 15.3. The van der Waals surface area contributed by atoms with Gasteiger partial charge in [-0.15, -0.1) is 0 Å². The first-order valence-corrected chi connectivity index (χ1v) is 7.72. The molecule has 0 atom stereocenters. The molecule has 1 aromatic rings. The number of benzene rings is 1. The van der Waals surface area contributed by atoms with Crippen LogP contribution in [0.3, 0.4) is 0 Å². The Balaban J connectivity index is 2.17. The van der Waals surface area contributed by atoms with Crippen LogP contribution in [0.2, 0.25) is 0 Å². The molecule has 4 nitrogen and oxygen atoms in total. The van der Waals surface area contributed by atoms with Crippen LogP contribution in [-0.4, -0.2) is 41.0 Å². The van der Waals surface area contributed by atoms with E-state index in [2.05, 4.69) is 11.4 Å². The van der Waals surface area contributed by atoms with E-state index in [4.69, 9.17) is 14.2 Å². The summed E-state index contributed by atoms with van der Waals surface area (Å²) in [5.41, 5.74) is 1.23. The Morgan fingerprint density at radius 3 is 2.43 bits per heavy atom. The maximum Gasteiger partial charge on any atom is 0.122 e. The SMILES string of the molecule is COCCNCCCCCCc1cc(OC)ccc1OC. The Labute approximate surface area is 128 Å². The first kappa shape index (κ1) is 17.8. The number of rotatable bonds is 12. The summed E-state index contributed by atoms with van der Waals surface area (Å²) in [6, 6.07) is 5.99. The lowest BCUT2D eigenvalue weighted by molar-refractivity contribution is 0.199. The zero-order valence-corrected chi connectivity index (χ0v) is 13.6. The molecule has 0 saturated carbocycles. The fourth-order valence-electron chi connectivity index (χ4n) is 2.30. The second kappa shape index (κ2) is 11.4. The largest absolute Gasteiger partial charge is 0.497 e. The molecule has 0 heterocycles. The van der Waals surface area contributed by atoms with Crippen LogP contribution in [0.4, 0.5) is 0 Å². The van der Waals surface area contributed by atoms with E-state index in [-0.39, 0.29) is 0 Å². The molecular formula is C17H29NO3. The Hall–Kier alpha value is -1.26. The van der Waals surface area contributed by atoms with Crippen molar-refractivity contribution >= 4 is 0 Å². The average Bonchev–Trinajstić information content (AvgIpc) is 2.53. The Bertz CT molecular complexity index is 382. The van der Waals surface area contributed by atoms with Gasteiger partial charge in [0.05, 0.1) is 20.8 Å². The third-order valence-corrected chi connectivity index (χ3v) is 3.52. The van der Waals surface area contributed by atoms with Crippen molar-refractivity contribution in [3.63, 3.8) is 0 Å². The number of ether oxygens (including phenoxy) is 3. The van der Waals surface area contributed by atoms with Crippen LogP contribution in [-0.2, 0) is 11.2 Å². The summed E-state index contributed by atoms with van der Waals surface area (Å²) in [7, 11) is 5.15. The molecule has 0 amide bonds. The van der Waals surface area contributed by atoms with Gasteiger partial charge in [-0.3, -0.25) is 0 Å². The minimum Gasteiger partial charge on any atom is -0.497 e. The molecule has 120 valence electrons. The van der Waals surface area contributed by atoms with Crippen molar-refractivity contribution in [2.24, 2.45) is 0 Å². The van der Waals surface area contributed by atoms with Crippen molar-refractivity contribution in [3.05, 3.63) is 23.8 Å². The Kier molecular flexibility index (Phi) is 9.66. The van der Waals surface area contributed by atoms with Gasteiger partial charge in [-0.25, -0.2) is 0 Å². The molecule has 0 fully saturated rings. The highest BCUT2D eigenvalue weighted by atomic mass is 16.5. The summed E-state index contributed by atoms with van der Waals surface area (Å²) in [5, 5.41) is 3.37. The summed E-state index contributed by atoms with van der Waals surface area (Å²) < 4.78 is 15.7. The van der Waals surface area contributed by atoms with Crippen molar-refractivity contribution in [1.82, 2.24) is 5.32 Å². The molecular weight excluding hydrogens is 266 g/mol. The summed E-state index contributed by atoms with van der Waals surface area (Å²) >= 11 is 0. The van der Waals surface area contributed by atoms with Crippen LogP contribution >= 0.6 is 0 Å². The van der Waals surface area contributed by atoms with Crippen LogP contribution < -0.4 is 14.8 Å². The van der Waals surface area contributed by atoms with Crippen LogP contribution in [0.5, 0.6) is 11.5 Å². The Morgan fingerprint density at radius 2 is 1.71 bits per heavy atom. The molecule has 4 heteroatoms. The van der Waals surface area contributed by atoms with Crippen molar-refractivity contribution in [2.75, 3.05) is 41.0 Å². The topological polar surface area (TPSA) is 39.7 Å². The van der Waals surface area contributed by atoms with Gasteiger partial charge in [0.2, 0.25) is 0 Å². The molecule has 0 aliphatic rings. The molecule has 0 radical (unpaired) electrons. The van der Waals surface area contributed by atoms with Crippen molar-refractivity contribution in [1.29, 1.82) is 0 Å². The maximum atomic E-state index is 5.40. The van der Waals surface area contributed by atoms with Gasteiger partial charge in [-0.05, 0) is 49.6 Å². The van der Waals surface area contributed by atoms with Gasteiger partial charge in [0, 0.05) is 13.7 Å². The van der Waals surface area contributed by atoms with E-state index >= 15 is 0 Å². The molecule has 0 spiro atoms. The molecule has 0 saturated heterocycles. The minimum atomic E-state index is 0.787. The third kappa shape index (κ3) is 7.34. The van der Waals surface area contributed by atoms with Gasteiger partial charge in [-0.1, -0.05) is 12.8 Å². The molecule has 0 aliphatic carbocycles. The average molecular weight is 295 g/mol. The number of hydrogen-bond acceptors (Lipinski definition) is 4. The molecule has 0 aliphatic heterocycles. The van der Waals surface area contributed by atoms with E-state index in [1.165, 1.54) is 31.2 Å². The van der Waals surface area contributed by atoms with Gasteiger partial charge in [0.25, 0.3) is 0 Å². The summed E-state index contributed by atoms with van der Waals surface area (Å²) in [6.07, 6.45) is 5.94. The van der Waals surface area contributed by atoms with E-state index in [0.29, 0.717) is 0 Å². The molecule has 0 unspecified atom stereocenters. The number of nitrogens with one attached hydrogen (secondary N) is 1. The lowest BCUT2D eigenvalue weighted by Gasteiger charge is -2.10. The van der Waals surface area contributed by atoms with E-state index < -0.39 is 0 Å². The summed E-state index contributed by atoms with van der Waals surface area (Å²) in [5.74, 6) is 1.85. The van der Waals surface area contributed by atoms with Gasteiger partial charge in [0.15, 0.2) is 0 Å². The second-order valence-corrected chi connectivity index (χ2v) is 5.08. The van der Waals surface area contributed by atoms with Gasteiger partial charge in [0.1, 0.15) is 11.5 Å². The summed E-state index contributed by atoms with van der Waals surface area (Å²) in [6.45, 7) is 2.80. The lowest BCUT2D eigenvalue weighted by Crippen LogP contribution is -2.20. The van der Waals surface area contributed by atoms with Gasteiger partial charge < -0.3 is 19.5 Å². The first-order chi connectivity index (χ1) is 10.3. The number of methoxy groups -OCH3 is 3. The molecule has 0 aromatic heterocycles. The zero-order valence-electron chi connectivity index (χ0n) is 13.6. The molecule has 1 aromatic carbocycles. The van der Waals surface area contributed by atoms with Crippen molar-refractivity contribution in [3.8, 4) is 11.5 Å². The summed E-state index contributed by atoms with van der Waals surface area (Å²) in [4.78, 5) is 0. The molecule has 1 rings (SSSR count). The third-order valence-electron chi connectivity index (χ3n) is 3.52. The van der Waals surface area contributed by atoms with Gasteiger partial charge >= 0.3 is 0 Å². The number of unbranched alkanes of at least 4 members (excludes halogenated alkanes) is 3. The predicted molar refractivity (Wildman–Crippen MR) is 86.5 cm³/mol. The first-order valence-electron chi connectivity index (χ1n) is 7.72. The quantitative estimate of drug-likeness (QED) is 0.602. The Morgan fingerprint density at radius 1 is 0.905 bits per heavy atom. The predicted octanol–water partition coefficient (Wildman–Crippen LogP) is 3.04. The van der Waals surface area contributed by atoms with Crippen LogP contribution in [0.1, 0.15) is 31.2 Å². The van der Waals surface area contributed by atoms with E-state index in [0.717, 1.165) is 37.6 Å². The molecule has 21 heavy (non-hydrogen) atoms. The smallest absolute Gasteiger partial charge is 0.122 e. The number of aryl methyl sites for hydroxylation is 1. The standard InChI is InChI=1S/C17H29NO3/c1-19-13-12-18-11-7-5-4-6-8-15-14-16(20-2)9-10-17(15)21-3/h9-10,14,18H,4-8,11-13H2,1-3H3. The molecule has 1 N–H and O–H groups in total. The van der Waals surface area contributed by atoms with Crippen molar-refractivity contribution < 1.29 is 14.2 Å². The van der Waals surface area contributed by atoms with Crippen molar-refractivity contribution in [2.45, 2.75) is 32.1 Å². The molecule has 0 bridgehead atoms. The monoisotopic (exact) mass is 295 g/mol. The van der Waals surface area contributed by atoms with Crippen LogP contribution in [0, 0.1) is 0 Å². The minimum absolute atomic E-state index is 0.787. The van der Waals surface area contributed by atoms with E-state index in [1.54, 1.807) is 21.3 Å². The van der Waals surface area contributed by atoms with Crippen LogP contribution in [0.25, 0.3) is 0 Å². The highest BCUT2D eigenvalue weighted by Gasteiger charge is 2.04. The highest BCUT2D eigenvalue weighted by molar-refractivity contribution is 5.40. The van der Waals surface area contributed by atoms with Gasteiger partial charge in [-0.2, -0.15) is 0 Å². The second-order valence-electron chi connectivity index (χ2n) is 5.08. The normalized spacial score (nSPS) is 10.6. The maximum absolute atomic E-state index is 5.40. The van der Waals surface area contributed by atoms with E-state index in [9.17, 15) is 0 Å².